The second-order valence-corrected chi connectivity index (χ2v) is 5.15. The first kappa shape index (κ1) is 13.7. The fourth-order valence-corrected chi connectivity index (χ4v) is 2.60. The third-order valence-electron chi connectivity index (χ3n) is 2.85. The van der Waals surface area contributed by atoms with Gasteiger partial charge in [-0.05, 0) is 30.7 Å². The molecular weight excluding hydrogens is 218 g/mol. The highest BCUT2D eigenvalue weighted by atomic mass is 32.1. The normalized spacial score (nSPS) is 14.9. The van der Waals surface area contributed by atoms with Crippen molar-refractivity contribution in [3.8, 4) is 0 Å². The van der Waals surface area contributed by atoms with Gasteiger partial charge in [-0.25, -0.2) is 0 Å². The van der Waals surface area contributed by atoms with Crippen LogP contribution in [0.5, 0.6) is 0 Å². The zero-order chi connectivity index (χ0) is 11.8. The summed E-state index contributed by atoms with van der Waals surface area (Å²) < 4.78 is 5.22. The lowest BCUT2D eigenvalue weighted by Gasteiger charge is -2.23. The summed E-state index contributed by atoms with van der Waals surface area (Å²) in [6.07, 6.45) is 3.42. The maximum Gasteiger partial charge on any atom is 0.0615 e. The maximum absolute atomic E-state index is 5.22. The molecule has 92 valence electrons. The summed E-state index contributed by atoms with van der Waals surface area (Å²) in [5.41, 5.74) is 0. The van der Waals surface area contributed by atoms with Crippen LogP contribution in [0.4, 0.5) is 0 Å². The molecule has 0 spiro atoms. The van der Waals surface area contributed by atoms with Gasteiger partial charge in [-0.2, -0.15) is 0 Å². The van der Waals surface area contributed by atoms with E-state index >= 15 is 0 Å². The van der Waals surface area contributed by atoms with E-state index in [1.54, 1.807) is 7.11 Å². The van der Waals surface area contributed by atoms with E-state index in [1.807, 2.05) is 11.3 Å². The lowest BCUT2D eigenvalue weighted by molar-refractivity contribution is 0.157. The van der Waals surface area contributed by atoms with E-state index < -0.39 is 0 Å². The highest BCUT2D eigenvalue weighted by Gasteiger charge is 2.13. The van der Waals surface area contributed by atoms with Crippen molar-refractivity contribution < 1.29 is 4.74 Å². The average molecular weight is 241 g/mol. The molecule has 1 N–H and O–H groups in total. The zero-order valence-electron chi connectivity index (χ0n) is 10.5. The van der Waals surface area contributed by atoms with E-state index in [-0.39, 0.29) is 0 Å². The zero-order valence-corrected chi connectivity index (χ0v) is 11.3. The molecule has 0 aliphatic carbocycles. The Morgan fingerprint density at radius 3 is 2.56 bits per heavy atom. The molecule has 0 fully saturated rings. The molecule has 1 aromatic heterocycles. The SMILES string of the molecule is CCC(COC)NC(CC)Cc1cccs1. The molecule has 3 heteroatoms. The predicted octanol–water partition coefficient (Wildman–Crippen LogP) is 3.08. The highest BCUT2D eigenvalue weighted by molar-refractivity contribution is 7.09. The van der Waals surface area contributed by atoms with E-state index in [0.717, 1.165) is 25.9 Å². The number of rotatable bonds is 8. The first-order valence-electron chi connectivity index (χ1n) is 6.07. The summed E-state index contributed by atoms with van der Waals surface area (Å²) in [7, 11) is 1.77. The van der Waals surface area contributed by atoms with Crippen LogP contribution in [0.15, 0.2) is 17.5 Å². The van der Waals surface area contributed by atoms with Crippen LogP contribution in [0.3, 0.4) is 0 Å². The van der Waals surface area contributed by atoms with Crippen molar-refractivity contribution in [3.05, 3.63) is 22.4 Å². The van der Waals surface area contributed by atoms with E-state index in [2.05, 4.69) is 36.7 Å². The van der Waals surface area contributed by atoms with Crippen LogP contribution >= 0.6 is 11.3 Å². The van der Waals surface area contributed by atoms with Gasteiger partial charge in [0.2, 0.25) is 0 Å². The van der Waals surface area contributed by atoms with Crippen molar-refractivity contribution in [1.82, 2.24) is 5.32 Å². The Kier molecular flexibility index (Phi) is 6.69. The molecule has 0 aliphatic heterocycles. The summed E-state index contributed by atoms with van der Waals surface area (Å²) in [6, 6.07) is 5.39. The fraction of sp³-hybridized carbons (Fsp3) is 0.692. The van der Waals surface area contributed by atoms with Crippen molar-refractivity contribution in [2.45, 2.75) is 45.2 Å². The number of ether oxygens (including phenoxy) is 1. The van der Waals surface area contributed by atoms with Crippen LogP contribution in [0, 0.1) is 0 Å². The molecule has 0 saturated carbocycles. The average Bonchev–Trinajstić information content (AvgIpc) is 2.80. The van der Waals surface area contributed by atoms with Gasteiger partial charge in [-0.3, -0.25) is 0 Å². The lowest BCUT2D eigenvalue weighted by atomic mass is 10.1. The van der Waals surface area contributed by atoms with E-state index in [0.29, 0.717) is 12.1 Å². The second-order valence-electron chi connectivity index (χ2n) is 4.12. The molecule has 1 aromatic rings. The molecule has 2 unspecified atom stereocenters. The Hall–Kier alpha value is -0.380. The van der Waals surface area contributed by atoms with E-state index in [1.165, 1.54) is 4.88 Å². The second kappa shape index (κ2) is 7.82. The first-order valence-corrected chi connectivity index (χ1v) is 6.95. The molecule has 0 saturated heterocycles. The largest absolute Gasteiger partial charge is 0.383 e. The Balaban J connectivity index is 2.41. The van der Waals surface area contributed by atoms with E-state index in [4.69, 9.17) is 4.74 Å². The van der Waals surface area contributed by atoms with Gasteiger partial charge < -0.3 is 10.1 Å². The standard InChI is InChI=1S/C13H23NOS/c1-4-11(9-13-7-6-8-16-13)14-12(5-2)10-15-3/h6-8,11-12,14H,4-5,9-10H2,1-3H3. The molecule has 16 heavy (non-hydrogen) atoms. The van der Waals surface area contributed by atoms with Crippen molar-refractivity contribution in [2.24, 2.45) is 0 Å². The maximum atomic E-state index is 5.22. The van der Waals surface area contributed by atoms with Crippen molar-refractivity contribution in [3.63, 3.8) is 0 Å². The number of hydrogen-bond acceptors (Lipinski definition) is 3. The minimum atomic E-state index is 0.481. The molecule has 0 bridgehead atoms. The van der Waals surface area contributed by atoms with Crippen LogP contribution in [-0.2, 0) is 11.2 Å². The molecule has 1 rings (SSSR count). The van der Waals surface area contributed by atoms with Gasteiger partial charge in [-0.1, -0.05) is 19.9 Å². The summed E-state index contributed by atoms with van der Waals surface area (Å²) >= 11 is 1.84. The quantitative estimate of drug-likeness (QED) is 0.755. The smallest absolute Gasteiger partial charge is 0.0615 e. The van der Waals surface area contributed by atoms with Crippen molar-refractivity contribution >= 4 is 11.3 Å². The van der Waals surface area contributed by atoms with Crippen LogP contribution in [0.2, 0.25) is 0 Å². The van der Waals surface area contributed by atoms with Crippen LogP contribution in [0.1, 0.15) is 31.6 Å². The summed E-state index contributed by atoms with van der Waals surface area (Å²) in [4.78, 5) is 1.46. The predicted molar refractivity (Wildman–Crippen MR) is 71.2 cm³/mol. The van der Waals surface area contributed by atoms with E-state index in [9.17, 15) is 0 Å². The minimum Gasteiger partial charge on any atom is -0.383 e. The van der Waals surface area contributed by atoms with Crippen LogP contribution < -0.4 is 5.32 Å². The number of hydrogen-bond donors (Lipinski definition) is 1. The van der Waals surface area contributed by atoms with Gasteiger partial charge >= 0.3 is 0 Å². The third kappa shape index (κ3) is 4.64. The van der Waals surface area contributed by atoms with Crippen LogP contribution in [-0.4, -0.2) is 25.8 Å². The van der Waals surface area contributed by atoms with Gasteiger partial charge in [0.25, 0.3) is 0 Å². The Morgan fingerprint density at radius 2 is 2.06 bits per heavy atom. The molecule has 1 heterocycles. The number of nitrogens with one attached hydrogen (secondary N) is 1. The van der Waals surface area contributed by atoms with Crippen molar-refractivity contribution in [1.29, 1.82) is 0 Å². The van der Waals surface area contributed by atoms with Gasteiger partial charge in [0, 0.05) is 24.1 Å². The lowest BCUT2D eigenvalue weighted by Crippen LogP contribution is -2.41. The molecule has 2 nitrogen and oxygen atoms in total. The molecular formula is C13H23NOS. The fourth-order valence-electron chi connectivity index (χ4n) is 1.81. The molecule has 0 aromatic carbocycles. The molecule has 0 radical (unpaired) electrons. The van der Waals surface area contributed by atoms with Crippen molar-refractivity contribution in [2.75, 3.05) is 13.7 Å². The van der Waals surface area contributed by atoms with Gasteiger partial charge in [0.1, 0.15) is 0 Å². The Bertz CT molecular complexity index is 261. The van der Waals surface area contributed by atoms with Gasteiger partial charge in [0.05, 0.1) is 6.61 Å². The summed E-state index contributed by atoms with van der Waals surface area (Å²) in [6.45, 7) is 5.25. The number of thiophene rings is 1. The topological polar surface area (TPSA) is 21.3 Å². The highest BCUT2D eigenvalue weighted by Crippen LogP contribution is 2.13. The Morgan fingerprint density at radius 1 is 1.31 bits per heavy atom. The van der Waals surface area contributed by atoms with Gasteiger partial charge in [-0.15, -0.1) is 11.3 Å². The first-order chi connectivity index (χ1) is 7.80. The minimum absolute atomic E-state index is 0.481. The summed E-state index contributed by atoms with van der Waals surface area (Å²) in [5, 5.41) is 5.82. The third-order valence-corrected chi connectivity index (χ3v) is 3.75. The van der Waals surface area contributed by atoms with Crippen LogP contribution in [0.25, 0.3) is 0 Å². The molecule has 0 amide bonds. The Labute approximate surface area is 103 Å². The monoisotopic (exact) mass is 241 g/mol. The molecule has 0 aliphatic rings. The summed E-state index contributed by atoms with van der Waals surface area (Å²) in [5.74, 6) is 0. The van der Waals surface area contributed by atoms with Gasteiger partial charge in [0.15, 0.2) is 0 Å². The number of methoxy groups -OCH3 is 1. The molecule has 2 atom stereocenters.